The summed E-state index contributed by atoms with van der Waals surface area (Å²) in [5.41, 5.74) is -3.64. The molecule has 1 aromatic carbocycles. The van der Waals surface area contributed by atoms with E-state index in [1.54, 1.807) is 6.92 Å². The second-order valence-corrected chi connectivity index (χ2v) is 5.16. The lowest BCUT2D eigenvalue weighted by Crippen LogP contribution is -2.09. The summed E-state index contributed by atoms with van der Waals surface area (Å²) in [4.78, 5) is 19.8. The number of nitro groups is 2. The van der Waals surface area contributed by atoms with Crippen LogP contribution in [-0.2, 0) is 6.18 Å². The minimum absolute atomic E-state index is 0.230. The number of aryl methyl sites for hydroxylation is 1. The van der Waals surface area contributed by atoms with Gasteiger partial charge in [0.25, 0.3) is 11.4 Å². The smallest absolute Gasteiger partial charge is 0.335 e. The Hall–Kier alpha value is -2.76. The molecule has 23 heavy (non-hydrogen) atoms. The number of nitro benzene ring substituents is 2. The van der Waals surface area contributed by atoms with Gasteiger partial charge in [-0.1, -0.05) is 0 Å². The van der Waals surface area contributed by atoms with Gasteiger partial charge in [0.05, 0.1) is 21.1 Å². The topological polar surface area (TPSA) is 111 Å². The van der Waals surface area contributed by atoms with Crippen molar-refractivity contribution in [1.29, 1.82) is 0 Å². The van der Waals surface area contributed by atoms with Gasteiger partial charge in [0.1, 0.15) is 5.00 Å². The molecule has 0 spiro atoms. The van der Waals surface area contributed by atoms with E-state index in [1.165, 1.54) is 6.07 Å². The van der Waals surface area contributed by atoms with Crippen molar-refractivity contribution in [2.24, 2.45) is 0 Å². The summed E-state index contributed by atoms with van der Waals surface area (Å²) >= 11 is 0.866. The van der Waals surface area contributed by atoms with Crippen molar-refractivity contribution in [3.8, 4) is 0 Å². The molecule has 0 radical (unpaired) electrons. The van der Waals surface area contributed by atoms with Crippen molar-refractivity contribution in [3.05, 3.63) is 49.7 Å². The van der Waals surface area contributed by atoms with Crippen LogP contribution in [0.1, 0.15) is 11.3 Å². The molecule has 0 aliphatic carbocycles. The highest BCUT2D eigenvalue weighted by molar-refractivity contribution is 7.10. The van der Waals surface area contributed by atoms with E-state index >= 15 is 0 Å². The normalized spacial score (nSPS) is 11.3. The number of anilines is 2. The molecule has 12 heteroatoms. The number of benzene rings is 1. The molecule has 0 unspecified atom stereocenters. The maximum Gasteiger partial charge on any atom is 0.416 e. The molecule has 2 rings (SSSR count). The second kappa shape index (κ2) is 5.79. The minimum atomic E-state index is -4.95. The summed E-state index contributed by atoms with van der Waals surface area (Å²) in [6, 6.07) is 1.96. The molecular formula is C11H7F3N4O4S. The SMILES string of the molecule is Cc1cc(Nc2c([N+](=O)[O-])cc(C(F)(F)F)cc2[N+](=O)[O-])sn1. The molecule has 0 bridgehead atoms. The van der Waals surface area contributed by atoms with Gasteiger partial charge in [0, 0.05) is 12.1 Å². The van der Waals surface area contributed by atoms with Gasteiger partial charge in [0.2, 0.25) is 0 Å². The monoisotopic (exact) mass is 348 g/mol. The van der Waals surface area contributed by atoms with Crippen LogP contribution in [-0.4, -0.2) is 14.2 Å². The number of alkyl halides is 3. The summed E-state index contributed by atoms with van der Waals surface area (Å²) in [5, 5.41) is 24.7. The van der Waals surface area contributed by atoms with Crippen LogP contribution in [0.5, 0.6) is 0 Å². The molecule has 8 nitrogen and oxygen atoms in total. The summed E-state index contributed by atoms with van der Waals surface area (Å²) < 4.78 is 42.2. The van der Waals surface area contributed by atoms with Crippen LogP contribution < -0.4 is 5.32 Å². The number of rotatable bonds is 4. The number of hydrogen-bond donors (Lipinski definition) is 1. The predicted octanol–water partition coefficient (Wildman–Crippen LogP) is 4.03. The van der Waals surface area contributed by atoms with Crippen molar-refractivity contribution in [1.82, 2.24) is 4.37 Å². The number of aromatic nitrogens is 1. The van der Waals surface area contributed by atoms with Gasteiger partial charge in [-0.2, -0.15) is 17.5 Å². The lowest BCUT2D eigenvalue weighted by Gasteiger charge is -2.10. The maximum absolute atomic E-state index is 12.8. The molecule has 1 aromatic heterocycles. The number of halogens is 3. The summed E-state index contributed by atoms with van der Waals surface area (Å²) in [6.07, 6.45) is -4.95. The Labute approximate surface area is 130 Å². The third kappa shape index (κ3) is 3.53. The van der Waals surface area contributed by atoms with E-state index in [0.717, 1.165) is 11.5 Å². The van der Waals surface area contributed by atoms with Crippen LogP contribution in [0.3, 0.4) is 0 Å². The van der Waals surface area contributed by atoms with Crippen LogP contribution >= 0.6 is 11.5 Å². The zero-order chi connectivity index (χ0) is 17.4. The fraction of sp³-hybridized carbons (Fsp3) is 0.182. The molecule has 0 aliphatic rings. The third-order valence-electron chi connectivity index (χ3n) is 2.69. The summed E-state index contributed by atoms with van der Waals surface area (Å²) in [7, 11) is 0. The first-order valence-electron chi connectivity index (χ1n) is 5.84. The summed E-state index contributed by atoms with van der Waals surface area (Å²) in [6.45, 7) is 1.62. The highest BCUT2D eigenvalue weighted by atomic mass is 32.1. The van der Waals surface area contributed by atoms with E-state index in [2.05, 4.69) is 9.69 Å². The van der Waals surface area contributed by atoms with Crippen LogP contribution in [0.2, 0.25) is 0 Å². The minimum Gasteiger partial charge on any atom is -0.335 e. The Morgan fingerprint density at radius 2 is 1.65 bits per heavy atom. The van der Waals surface area contributed by atoms with Gasteiger partial charge in [-0.05, 0) is 24.5 Å². The first kappa shape index (κ1) is 16.6. The van der Waals surface area contributed by atoms with E-state index < -0.39 is 38.6 Å². The lowest BCUT2D eigenvalue weighted by molar-refractivity contribution is -0.392. The summed E-state index contributed by atoms with van der Waals surface area (Å²) in [5.74, 6) is 0. The molecule has 122 valence electrons. The van der Waals surface area contributed by atoms with Gasteiger partial charge in [-0.15, -0.1) is 0 Å². The Morgan fingerprint density at radius 1 is 1.13 bits per heavy atom. The Bertz CT molecular complexity index is 755. The molecule has 1 heterocycles. The van der Waals surface area contributed by atoms with Crippen LogP contribution in [0.4, 0.5) is 35.2 Å². The quantitative estimate of drug-likeness (QED) is 0.659. The van der Waals surface area contributed by atoms with E-state index in [1.807, 2.05) is 0 Å². The largest absolute Gasteiger partial charge is 0.416 e. The van der Waals surface area contributed by atoms with Gasteiger partial charge >= 0.3 is 6.18 Å². The lowest BCUT2D eigenvalue weighted by atomic mass is 10.1. The number of hydrogen-bond acceptors (Lipinski definition) is 7. The van der Waals surface area contributed by atoms with Crippen molar-refractivity contribution in [2.75, 3.05) is 5.32 Å². The van der Waals surface area contributed by atoms with Crippen molar-refractivity contribution < 1.29 is 23.0 Å². The Balaban J connectivity index is 2.67. The fourth-order valence-electron chi connectivity index (χ4n) is 1.74. The third-order valence-corrected chi connectivity index (χ3v) is 3.49. The highest BCUT2D eigenvalue weighted by Gasteiger charge is 2.37. The molecule has 0 amide bonds. The van der Waals surface area contributed by atoms with Crippen LogP contribution in [0, 0.1) is 27.2 Å². The Morgan fingerprint density at radius 3 is 2.00 bits per heavy atom. The number of nitrogens with zero attached hydrogens (tertiary/aromatic N) is 3. The van der Waals surface area contributed by atoms with Gasteiger partial charge in [-0.25, -0.2) is 0 Å². The second-order valence-electron chi connectivity index (χ2n) is 4.36. The van der Waals surface area contributed by atoms with E-state index in [0.29, 0.717) is 5.69 Å². The maximum atomic E-state index is 12.8. The van der Waals surface area contributed by atoms with Gasteiger partial charge in [0.15, 0.2) is 5.69 Å². The molecule has 2 aromatic rings. The van der Waals surface area contributed by atoms with Crippen molar-refractivity contribution >= 4 is 33.6 Å². The van der Waals surface area contributed by atoms with Crippen molar-refractivity contribution in [3.63, 3.8) is 0 Å². The first-order chi connectivity index (χ1) is 10.6. The fourth-order valence-corrected chi connectivity index (χ4v) is 2.40. The predicted molar refractivity (Wildman–Crippen MR) is 74.9 cm³/mol. The average Bonchev–Trinajstić information content (AvgIpc) is 2.82. The first-order valence-corrected chi connectivity index (χ1v) is 6.61. The average molecular weight is 348 g/mol. The van der Waals surface area contributed by atoms with Gasteiger partial charge < -0.3 is 5.32 Å². The van der Waals surface area contributed by atoms with E-state index in [-0.39, 0.29) is 17.1 Å². The molecule has 1 N–H and O–H groups in total. The number of nitrogens with one attached hydrogen (secondary N) is 1. The molecule has 0 saturated heterocycles. The Kier molecular flexibility index (Phi) is 4.18. The highest BCUT2D eigenvalue weighted by Crippen LogP contribution is 2.42. The van der Waals surface area contributed by atoms with Crippen molar-refractivity contribution in [2.45, 2.75) is 13.1 Å². The van der Waals surface area contributed by atoms with Gasteiger partial charge in [-0.3, -0.25) is 20.2 Å². The van der Waals surface area contributed by atoms with E-state index in [9.17, 15) is 33.4 Å². The van der Waals surface area contributed by atoms with Crippen LogP contribution in [0.15, 0.2) is 18.2 Å². The molecule has 0 fully saturated rings. The molecule has 0 aliphatic heterocycles. The molecular weight excluding hydrogens is 341 g/mol. The zero-order valence-electron chi connectivity index (χ0n) is 11.2. The van der Waals surface area contributed by atoms with E-state index in [4.69, 9.17) is 0 Å². The zero-order valence-corrected chi connectivity index (χ0v) is 12.1. The molecule has 0 saturated carbocycles. The molecule has 0 atom stereocenters. The van der Waals surface area contributed by atoms with Crippen LogP contribution in [0.25, 0.3) is 0 Å². The standard InChI is InChI=1S/C11H7F3N4O4S/c1-5-2-9(23-16-5)15-10-7(17(19)20)3-6(11(12,13)14)4-8(10)18(21)22/h2-4,15H,1H3.